The Morgan fingerprint density at radius 3 is 2.45 bits per heavy atom. The van der Waals surface area contributed by atoms with E-state index in [0.29, 0.717) is 11.0 Å². The van der Waals surface area contributed by atoms with Gasteiger partial charge in [0.2, 0.25) is 11.7 Å². The number of nitro groups is 1. The fourth-order valence-corrected chi connectivity index (χ4v) is 2.86. The van der Waals surface area contributed by atoms with Crippen LogP contribution in [0, 0.1) is 16.7 Å². The largest absolute Gasteiger partial charge is 0.407 e. The van der Waals surface area contributed by atoms with Gasteiger partial charge in [0, 0.05) is 23.4 Å². The minimum absolute atomic E-state index is 0.153. The summed E-state index contributed by atoms with van der Waals surface area (Å²) < 4.78 is 84.0. The fourth-order valence-electron chi connectivity index (χ4n) is 2.86. The molecule has 0 bridgehead atoms. The van der Waals surface area contributed by atoms with Crippen molar-refractivity contribution in [2.24, 2.45) is 0 Å². The summed E-state index contributed by atoms with van der Waals surface area (Å²) in [7, 11) is 0. The third-order valence-electron chi connectivity index (χ3n) is 4.25. The van der Waals surface area contributed by atoms with Crippen LogP contribution in [0.5, 0.6) is 0 Å². The van der Waals surface area contributed by atoms with E-state index in [0.717, 1.165) is 18.2 Å². The van der Waals surface area contributed by atoms with Crippen LogP contribution in [-0.2, 0) is 12.7 Å². The van der Waals surface area contributed by atoms with Gasteiger partial charge in [-0.15, -0.1) is 0 Å². The lowest BCUT2D eigenvalue weighted by atomic mass is 10.1. The molecule has 0 atom stereocenters. The van der Waals surface area contributed by atoms with Crippen molar-refractivity contribution in [2.75, 3.05) is 11.4 Å². The molecule has 0 spiro atoms. The Labute approximate surface area is 181 Å². The van der Waals surface area contributed by atoms with Gasteiger partial charge in [0.15, 0.2) is 5.69 Å². The zero-order valence-corrected chi connectivity index (χ0v) is 16.2. The van der Waals surface area contributed by atoms with E-state index in [1.165, 1.54) is 18.2 Å². The van der Waals surface area contributed by atoms with E-state index in [2.05, 4.69) is 15.0 Å². The molecule has 172 valence electrons. The van der Waals surface area contributed by atoms with Crippen molar-refractivity contribution in [3.05, 3.63) is 75.5 Å². The number of hydrogen-bond acceptors (Lipinski definition) is 6. The maximum absolute atomic E-state index is 13.3. The molecule has 0 radical (unpaired) electrons. The zero-order chi connectivity index (χ0) is 24.4. The molecule has 0 aliphatic rings. The van der Waals surface area contributed by atoms with Crippen LogP contribution in [0.3, 0.4) is 0 Å². The molecule has 0 unspecified atom stereocenters. The molecule has 1 heterocycles. The van der Waals surface area contributed by atoms with Crippen LogP contribution >= 0.6 is 0 Å². The minimum Gasteiger partial charge on any atom is -0.353 e. The van der Waals surface area contributed by atoms with Crippen molar-refractivity contribution >= 4 is 17.1 Å². The van der Waals surface area contributed by atoms with Crippen molar-refractivity contribution in [3.63, 3.8) is 0 Å². The van der Waals surface area contributed by atoms with E-state index in [1.54, 1.807) is 0 Å². The SMILES string of the molecule is [C-]#[N+]c1ccc(N(Cc2nc(-c3cccc([N+](=O)[O-])c3)no2)CC(F)(F)F)cc1C(F)(F)F. The third kappa shape index (κ3) is 5.76. The highest BCUT2D eigenvalue weighted by Crippen LogP contribution is 2.39. The van der Waals surface area contributed by atoms with Crippen molar-refractivity contribution in [2.45, 2.75) is 18.9 Å². The molecule has 0 amide bonds. The predicted octanol–water partition coefficient (Wildman–Crippen LogP) is 5.78. The van der Waals surface area contributed by atoms with Crippen molar-refractivity contribution < 1.29 is 35.8 Å². The molecular weight excluding hydrogens is 460 g/mol. The highest BCUT2D eigenvalue weighted by atomic mass is 19.4. The van der Waals surface area contributed by atoms with Crippen molar-refractivity contribution in [3.8, 4) is 11.4 Å². The maximum atomic E-state index is 13.3. The van der Waals surface area contributed by atoms with Gasteiger partial charge in [-0.05, 0) is 12.1 Å². The Hall–Kier alpha value is -4.15. The van der Waals surface area contributed by atoms with Crippen LogP contribution in [-0.4, -0.2) is 27.8 Å². The van der Waals surface area contributed by atoms with Crippen LogP contribution in [0.15, 0.2) is 47.0 Å². The average molecular weight is 471 g/mol. The summed E-state index contributed by atoms with van der Waals surface area (Å²) in [5, 5.41) is 14.5. The smallest absolute Gasteiger partial charge is 0.353 e. The van der Waals surface area contributed by atoms with Crippen LogP contribution in [0.4, 0.5) is 43.4 Å². The van der Waals surface area contributed by atoms with E-state index in [1.807, 2.05) is 0 Å². The molecule has 14 heteroatoms. The van der Waals surface area contributed by atoms with Gasteiger partial charge < -0.3 is 9.42 Å². The number of alkyl halides is 6. The molecule has 3 aromatic rings. The number of benzene rings is 2. The lowest BCUT2D eigenvalue weighted by molar-refractivity contribution is -0.384. The van der Waals surface area contributed by atoms with E-state index in [4.69, 9.17) is 11.1 Å². The molecule has 3 rings (SSSR count). The molecule has 0 N–H and O–H groups in total. The number of nitrogens with zero attached hydrogens (tertiary/aromatic N) is 5. The topological polar surface area (TPSA) is 89.7 Å². The number of aromatic nitrogens is 2. The summed E-state index contributed by atoms with van der Waals surface area (Å²) in [5.74, 6) is -0.524. The Morgan fingerprint density at radius 2 is 1.85 bits per heavy atom. The highest BCUT2D eigenvalue weighted by molar-refractivity contribution is 5.63. The summed E-state index contributed by atoms with van der Waals surface area (Å²) in [5.41, 5.74) is -2.74. The lowest BCUT2D eigenvalue weighted by Gasteiger charge is -2.25. The Bertz CT molecular complexity index is 1220. The van der Waals surface area contributed by atoms with E-state index >= 15 is 0 Å². The summed E-state index contributed by atoms with van der Waals surface area (Å²) in [6.45, 7) is 4.49. The summed E-state index contributed by atoms with van der Waals surface area (Å²) in [4.78, 5) is 17.4. The lowest BCUT2D eigenvalue weighted by Crippen LogP contribution is -2.34. The number of nitro benzene ring substituents is 1. The Balaban J connectivity index is 1.95. The molecule has 8 nitrogen and oxygen atoms in total. The van der Waals surface area contributed by atoms with Crippen LogP contribution in [0.2, 0.25) is 0 Å². The standard InChI is InChI=1S/C19H11F6N5O3/c1-26-15-6-5-12(8-14(15)19(23,24)25)29(10-18(20,21)22)9-16-27-17(28-33-16)11-3-2-4-13(7-11)30(31)32/h2-8H,9-10H2. The maximum Gasteiger partial charge on any atom is 0.407 e. The normalized spacial score (nSPS) is 11.8. The Morgan fingerprint density at radius 1 is 1.12 bits per heavy atom. The van der Waals surface area contributed by atoms with Gasteiger partial charge in [-0.2, -0.15) is 31.3 Å². The van der Waals surface area contributed by atoms with Crippen molar-refractivity contribution in [1.29, 1.82) is 0 Å². The molecule has 0 saturated carbocycles. The second-order valence-corrected chi connectivity index (χ2v) is 6.60. The highest BCUT2D eigenvalue weighted by Gasteiger charge is 2.36. The summed E-state index contributed by atoms with van der Waals surface area (Å²) in [6.07, 6.45) is -9.75. The molecule has 2 aromatic carbocycles. The van der Waals surface area contributed by atoms with Gasteiger partial charge >= 0.3 is 12.4 Å². The first kappa shape index (κ1) is 23.5. The molecule has 0 saturated heterocycles. The number of non-ortho nitro benzene ring substituents is 1. The fraction of sp³-hybridized carbons (Fsp3) is 0.211. The quantitative estimate of drug-likeness (QED) is 0.196. The first-order valence-corrected chi connectivity index (χ1v) is 8.85. The first-order chi connectivity index (χ1) is 15.4. The summed E-state index contributed by atoms with van der Waals surface area (Å²) in [6, 6.07) is 7.26. The third-order valence-corrected chi connectivity index (χ3v) is 4.25. The van der Waals surface area contributed by atoms with Gasteiger partial charge in [-0.3, -0.25) is 10.1 Å². The number of hydrogen-bond donors (Lipinski definition) is 0. The van der Waals surface area contributed by atoms with Crippen LogP contribution in [0.25, 0.3) is 16.2 Å². The molecule has 0 aliphatic carbocycles. The zero-order valence-electron chi connectivity index (χ0n) is 16.2. The van der Waals surface area contributed by atoms with Gasteiger partial charge in [-0.25, -0.2) is 4.85 Å². The molecular formula is C19H11F6N5O3. The predicted molar refractivity (Wildman–Crippen MR) is 101 cm³/mol. The van der Waals surface area contributed by atoms with Gasteiger partial charge in [0.25, 0.3) is 5.69 Å². The molecule has 0 fully saturated rings. The van der Waals surface area contributed by atoms with Crippen LogP contribution in [0.1, 0.15) is 11.5 Å². The second-order valence-electron chi connectivity index (χ2n) is 6.60. The average Bonchev–Trinajstić information content (AvgIpc) is 3.20. The van der Waals surface area contributed by atoms with E-state index in [9.17, 15) is 36.5 Å². The monoisotopic (exact) mass is 471 g/mol. The number of anilines is 1. The van der Waals surface area contributed by atoms with Gasteiger partial charge in [-0.1, -0.05) is 23.4 Å². The second kappa shape index (κ2) is 8.77. The molecule has 33 heavy (non-hydrogen) atoms. The van der Waals surface area contributed by atoms with Gasteiger partial charge in [0.1, 0.15) is 6.54 Å². The Kier molecular flexibility index (Phi) is 6.25. The number of halogens is 6. The number of rotatable bonds is 6. The minimum atomic E-state index is -4.96. The van der Waals surface area contributed by atoms with Crippen molar-refractivity contribution in [1.82, 2.24) is 10.1 Å². The summed E-state index contributed by atoms with van der Waals surface area (Å²) >= 11 is 0. The van der Waals surface area contributed by atoms with E-state index < -0.39 is 47.3 Å². The van der Waals surface area contributed by atoms with Gasteiger partial charge in [0.05, 0.1) is 23.6 Å². The van der Waals surface area contributed by atoms with E-state index in [-0.39, 0.29) is 23.0 Å². The molecule has 1 aromatic heterocycles. The first-order valence-electron chi connectivity index (χ1n) is 8.85. The molecule has 0 aliphatic heterocycles. The van der Waals surface area contributed by atoms with Crippen LogP contribution < -0.4 is 4.90 Å².